The van der Waals surface area contributed by atoms with Crippen molar-refractivity contribution < 1.29 is 9.53 Å². The summed E-state index contributed by atoms with van der Waals surface area (Å²) in [5.41, 5.74) is 2.78. The first kappa shape index (κ1) is 11.2. The standard InChI is InChI=1S/C14H18O2/c1-16-14(15)4-2-3-11-5-7-12(8-6-11)13-9-10-13/h5-8,13H,2-4,9-10H2,1H3. The van der Waals surface area contributed by atoms with Gasteiger partial charge in [-0.15, -0.1) is 0 Å². The average molecular weight is 218 g/mol. The molecule has 1 saturated carbocycles. The van der Waals surface area contributed by atoms with E-state index >= 15 is 0 Å². The monoisotopic (exact) mass is 218 g/mol. The maximum atomic E-state index is 10.9. The van der Waals surface area contributed by atoms with Gasteiger partial charge in [0.25, 0.3) is 0 Å². The van der Waals surface area contributed by atoms with E-state index in [1.807, 2.05) is 0 Å². The van der Waals surface area contributed by atoms with Gasteiger partial charge in [0.05, 0.1) is 7.11 Å². The minimum atomic E-state index is -0.116. The molecule has 0 radical (unpaired) electrons. The quantitative estimate of drug-likeness (QED) is 0.710. The molecule has 1 aliphatic rings. The van der Waals surface area contributed by atoms with Crippen LogP contribution < -0.4 is 0 Å². The predicted octanol–water partition coefficient (Wildman–Crippen LogP) is 3.06. The van der Waals surface area contributed by atoms with Crippen LogP contribution in [0.1, 0.15) is 42.7 Å². The third-order valence-electron chi connectivity index (χ3n) is 3.10. The molecule has 2 nitrogen and oxygen atoms in total. The van der Waals surface area contributed by atoms with E-state index in [0.29, 0.717) is 6.42 Å². The lowest BCUT2D eigenvalue weighted by atomic mass is 10.0. The Kier molecular flexibility index (Phi) is 3.60. The molecule has 2 heteroatoms. The lowest BCUT2D eigenvalue weighted by molar-refractivity contribution is -0.140. The third kappa shape index (κ3) is 3.09. The summed E-state index contributed by atoms with van der Waals surface area (Å²) in [6.07, 6.45) is 5.04. The molecule has 0 unspecified atom stereocenters. The molecule has 0 atom stereocenters. The molecule has 2 rings (SSSR count). The summed E-state index contributed by atoms with van der Waals surface area (Å²) < 4.78 is 4.61. The zero-order chi connectivity index (χ0) is 11.4. The van der Waals surface area contributed by atoms with Crippen LogP contribution in [0.5, 0.6) is 0 Å². The summed E-state index contributed by atoms with van der Waals surface area (Å²) in [5.74, 6) is 0.707. The first-order chi connectivity index (χ1) is 7.79. The van der Waals surface area contributed by atoms with Crippen molar-refractivity contribution in [1.29, 1.82) is 0 Å². The number of hydrogen-bond acceptors (Lipinski definition) is 2. The highest BCUT2D eigenvalue weighted by Gasteiger charge is 2.22. The van der Waals surface area contributed by atoms with E-state index in [2.05, 4.69) is 29.0 Å². The van der Waals surface area contributed by atoms with Gasteiger partial charge in [-0.2, -0.15) is 0 Å². The maximum absolute atomic E-state index is 10.9. The Morgan fingerprint density at radius 2 is 2.00 bits per heavy atom. The van der Waals surface area contributed by atoms with Crippen LogP contribution in [-0.2, 0) is 16.0 Å². The molecule has 0 aromatic heterocycles. The van der Waals surface area contributed by atoms with Crippen LogP contribution in [0.2, 0.25) is 0 Å². The molecule has 86 valence electrons. The number of ether oxygens (including phenoxy) is 1. The molecule has 1 aliphatic carbocycles. The van der Waals surface area contributed by atoms with E-state index in [-0.39, 0.29) is 5.97 Å². The molecule has 1 aromatic carbocycles. The summed E-state index contributed by atoms with van der Waals surface area (Å²) in [5, 5.41) is 0. The molecule has 0 heterocycles. The lowest BCUT2D eigenvalue weighted by Crippen LogP contribution is -2.00. The fourth-order valence-corrected chi connectivity index (χ4v) is 1.91. The van der Waals surface area contributed by atoms with Crippen molar-refractivity contribution in [3.05, 3.63) is 35.4 Å². The highest BCUT2D eigenvalue weighted by molar-refractivity contribution is 5.69. The van der Waals surface area contributed by atoms with E-state index in [0.717, 1.165) is 18.8 Å². The number of rotatable bonds is 5. The van der Waals surface area contributed by atoms with Gasteiger partial charge < -0.3 is 4.74 Å². The minimum absolute atomic E-state index is 0.116. The van der Waals surface area contributed by atoms with Crippen molar-refractivity contribution in [2.75, 3.05) is 7.11 Å². The second-order valence-electron chi connectivity index (χ2n) is 4.45. The van der Waals surface area contributed by atoms with Gasteiger partial charge in [0.1, 0.15) is 0 Å². The van der Waals surface area contributed by atoms with Crippen LogP contribution >= 0.6 is 0 Å². The summed E-state index contributed by atoms with van der Waals surface area (Å²) in [6, 6.07) is 8.83. The number of carbonyl (C=O) groups is 1. The second-order valence-corrected chi connectivity index (χ2v) is 4.45. The molecule has 1 fully saturated rings. The van der Waals surface area contributed by atoms with Gasteiger partial charge in [0, 0.05) is 6.42 Å². The highest BCUT2D eigenvalue weighted by atomic mass is 16.5. The van der Waals surface area contributed by atoms with Crippen LogP contribution in [0.25, 0.3) is 0 Å². The Bertz CT molecular complexity index is 350. The molecule has 1 aromatic rings. The molecule has 16 heavy (non-hydrogen) atoms. The van der Waals surface area contributed by atoms with Gasteiger partial charge in [-0.3, -0.25) is 4.79 Å². The summed E-state index contributed by atoms with van der Waals surface area (Å²) in [6.45, 7) is 0. The highest BCUT2D eigenvalue weighted by Crippen LogP contribution is 2.39. The molecular formula is C14H18O2. The van der Waals surface area contributed by atoms with Crippen LogP contribution in [0.15, 0.2) is 24.3 Å². The molecule has 0 N–H and O–H groups in total. The Labute approximate surface area is 96.6 Å². The third-order valence-corrected chi connectivity index (χ3v) is 3.10. The lowest BCUT2D eigenvalue weighted by Gasteiger charge is -2.03. The topological polar surface area (TPSA) is 26.3 Å². The zero-order valence-electron chi connectivity index (χ0n) is 9.74. The number of aryl methyl sites for hydroxylation is 1. The summed E-state index contributed by atoms with van der Waals surface area (Å²) >= 11 is 0. The molecule has 0 aliphatic heterocycles. The normalized spacial score (nSPS) is 14.8. The van der Waals surface area contributed by atoms with Gasteiger partial charge >= 0.3 is 5.97 Å². The molecular weight excluding hydrogens is 200 g/mol. The number of carbonyl (C=O) groups excluding carboxylic acids is 1. The second kappa shape index (κ2) is 5.15. The Morgan fingerprint density at radius 3 is 2.56 bits per heavy atom. The van der Waals surface area contributed by atoms with Crippen LogP contribution in [-0.4, -0.2) is 13.1 Å². The van der Waals surface area contributed by atoms with E-state index in [1.54, 1.807) is 0 Å². The minimum Gasteiger partial charge on any atom is -0.469 e. The number of benzene rings is 1. The first-order valence-corrected chi connectivity index (χ1v) is 5.95. The van der Waals surface area contributed by atoms with Gasteiger partial charge in [0.2, 0.25) is 0 Å². The van der Waals surface area contributed by atoms with E-state index in [1.165, 1.54) is 31.1 Å². The zero-order valence-corrected chi connectivity index (χ0v) is 9.74. The van der Waals surface area contributed by atoms with Gasteiger partial charge in [-0.25, -0.2) is 0 Å². The van der Waals surface area contributed by atoms with Crippen LogP contribution in [0, 0.1) is 0 Å². The van der Waals surface area contributed by atoms with Crippen LogP contribution in [0.4, 0.5) is 0 Å². The molecule has 0 saturated heterocycles. The Balaban J connectivity index is 1.78. The van der Waals surface area contributed by atoms with Crippen molar-refractivity contribution in [3.63, 3.8) is 0 Å². The van der Waals surface area contributed by atoms with Gasteiger partial charge in [-0.05, 0) is 42.7 Å². The van der Waals surface area contributed by atoms with Crippen molar-refractivity contribution in [2.24, 2.45) is 0 Å². The van der Waals surface area contributed by atoms with Crippen molar-refractivity contribution >= 4 is 5.97 Å². The fraction of sp³-hybridized carbons (Fsp3) is 0.500. The average Bonchev–Trinajstić information content (AvgIpc) is 3.14. The van der Waals surface area contributed by atoms with Crippen molar-refractivity contribution in [1.82, 2.24) is 0 Å². The fourth-order valence-electron chi connectivity index (χ4n) is 1.91. The van der Waals surface area contributed by atoms with Crippen molar-refractivity contribution in [3.8, 4) is 0 Å². The summed E-state index contributed by atoms with van der Waals surface area (Å²) in [4.78, 5) is 10.9. The predicted molar refractivity (Wildman–Crippen MR) is 63.4 cm³/mol. The first-order valence-electron chi connectivity index (χ1n) is 5.95. The number of esters is 1. The summed E-state index contributed by atoms with van der Waals surface area (Å²) in [7, 11) is 1.44. The number of methoxy groups -OCH3 is 1. The van der Waals surface area contributed by atoms with Crippen LogP contribution in [0.3, 0.4) is 0 Å². The molecule has 0 amide bonds. The smallest absolute Gasteiger partial charge is 0.305 e. The van der Waals surface area contributed by atoms with Gasteiger partial charge in [0.15, 0.2) is 0 Å². The van der Waals surface area contributed by atoms with Gasteiger partial charge in [-0.1, -0.05) is 24.3 Å². The van der Waals surface area contributed by atoms with Crippen molar-refractivity contribution in [2.45, 2.75) is 38.0 Å². The Hall–Kier alpha value is -1.31. The maximum Gasteiger partial charge on any atom is 0.305 e. The molecule has 0 spiro atoms. The Morgan fingerprint density at radius 1 is 1.31 bits per heavy atom. The van der Waals surface area contributed by atoms with E-state index in [9.17, 15) is 4.79 Å². The SMILES string of the molecule is COC(=O)CCCc1ccc(C2CC2)cc1. The van der Waals surface area contributed by atoms with E-state index in [4.69, 9.17) is 0 Å². The largest absolute Gasteiger partial charge is 0.469 e. The molecule has 0 bridgehead atoms. The number of hydrogen-bond donors (Lipinski definition) is 0. The van der Waals surface area contributed by atoms with E-state index < -0.39 is 0 Å².